The van der Waals surface area contributed by atoms with E-state index in [1.165, 1.54) is 48.2 Å². The van der Waals surface area contributed by atoms with Crippen LogP contribution >= 0.6 is 15.9 Å². The summed E-state index contributed by atoms with van der Waals surface area (Å²) in [7, 11) is 2.07. The largest absolute Gasteiger partial charge is 0.297 e. The van der Waals surface area contributed by atoms with Crippen molar-refractivity contribution >= 4 is 15.9 Å². The Balaban J connectivity index is 1.72. The Hall–Kier alpha value is -0.350. The Bertz CT molecular complexity index is 428. The van der Waals surface area contributed by atoms with E-state index < -0.39 is 0 Å². The lowest BCUT2D eigenvalue weighted by atomic mass is 10.0. The number of nitrogens with zero attached hydrogens (tertiary/aromatic N) is 3. The van der Waals surface area contributed by atoms with E-state index in [-0.39, 0.29) is 0 Å². The normalized spacial score (nSPS) is 27.9. The third-order valence-corrected chi connectivity index (χ3v) is 5.59. The molecule has 1 aliphatic heterocycles. The molecule has 1 saturated carbocycles. The van der Waals surface area contributed by atoms with Gasteiger partial charge in [0.2, 0.25) is 0 Å². The van der Waals surface area contributed by atoms with Gasteiger partial charge in [0.1, 0.15) is 0 Å². The van der Waals surface area contributed by atoms with E-state index in [1.807, 2.05) is 0 Å². The van der Waals surface area contributed by atoms with Gasteiger partial charge in [0.25, 0.3) is 0 Å². The molecule has 0 aromatic carbocycles. The van der Waals surface area contributed by atoms with Crippen LogP contribution in [0.1, 0.15) is 37.6 Å². The first kappa shape index (κ1) is 12.7. The fraction of sp³-hybridized carbons (Fsp3) is 0.786. The third-order valence-electron chi connectivity index (χ3n) is 4.68. The van der Waals surface area contributed by atoms with E-state index in [4.69, 9.17) is 0 Å². The highest BCUT2D eigenvalue weighted by molar-refractivity contribution is 9.10. The zero-order valence-corrected chi connectivity index (χ0v) is 12.9. The molecule has 2 atom stereocenters. The molecule has 0 spiro atoms. The third kappa shape index (κ3) is 2.14. The fourth-order valence-electron chi connectivity index (χ4n) is 3.66. The SMILES string of the molecule is CCc1nn(C)c(CN2CC3CCCC3C2)c1Br. The van der Waals surface area contributed by atoms with Crippen LogP contribution < -0.4 is 0 Å². The number of rotatable bonds is 3. The summed E-state index contributed by atoms with van der Waals surface area (Å²) in [6.45, 7) is 5.81. The molecule has 2 heterocycles. The van der Waals surface area contributed by atoms with Gasteiger partial charge in [-0.15, -0.1) is 0 Å². The lowest BCUT2D eigenvalue weighted by Crippen LogP contribution is -2.22. The summed E-state index contributed by atoms with van der Waals surface area (Å²) >= 11 is 3.72. The lowest BCUT2D eigenvalue weighted by molar-refractivity contribution is 0.294. The summed E-state index contributed by atoms with van der Waals surface area (Å²) in [4.78, 5) is 2.62. The molecule has 18 heavy (non-hydrogen) atoms. The first-order valence-corrected chi connectivity index (χ1v) is 7.91. The zero-order chi connectivity index (χ0) is 12.7. The van der Waals surface area contributed by atoms with Crippen molar-refractivity contribution in [1.29, 1.82) is 0 Å². The van der Waals surface area contributed by atoms with Crippen molar-refractivity contribution in [2.24, 2.45) is 18.9 Å². The summed E-state index contributed by atoms with van der Waals surface area (Å²) < 4.78 is 3.28. The number of likely N-dealkylation sites (tertiary alicyclic amines) is 1. The summed E-state index contributed by atoms with van der Waals surface area (Å²) in [6, 6.07) is 0. The van der Waals surface area contributed by atoms with Crippen molar-refractivity contribution in [3.63, 3.8) is 0 Å². The second kappa shape index (κ2) is 4.97. The van der Waals surface area contributed by atoms with E-state index in [9.17, 15) is 0 Å². The summed E-state index contributed by atoms with van der Waals surface area (Å²) in [5, 5.41) is 4.59. The highest BCUT2D eigenvalue weighted by Gasteiger charge is 2.36. The van der Waals surface area contributed by atoms with Gasteiger partial charge in [-0.25, -0.2) is 0 Å². The molecule has 100 valence electrons. The first-order chi connectivity index (χ1) is 8.69. The maximum absolute atomic E-state index is 4.59. The Morgan fingerprint density at radius 1 is 1.28 bits per heavy atom. The predicted octanol–water partition coefficient (Wildman–Crippen LogP) is 2.98. The Morgan fingerprint density at radius 3 is 2.50 bits per heavy atom. The Kier molecular flexibility index (Phi) is 3.50. The van der Waals surface area contributed by atoms with Crippen LogP contribution in [-0.4, -0.2) is 27.8 Å². The van der Waals surface area contributed by atoms with Crippen molar-refractivity contribution in [2.75, 3.05) is 13.1 Å². The fourth-order valence-corrected chi connectivity index (χ4v) is 4.41. The molecule has 2 fully saturated rings. The predicted molar refractivity (Wildman–Crippen MR) is 76.4 cm³/mol. The maximum Gasteiger partial charge on any atom is 0.0767 e. The van der Waals surface area contributed by atoms with Gasteiger partial charge in [0.15, 0.2) is 0 Å². The topological polar surface area (TPSA) is 21.1 Å². The minimum atomic E-state index is 0.975. The van der Waals surface area contributed by atoms with Crippen LogP contribution in [0, 0.1) is 11.8 Å². The molecule has 0 amide bonds. The number of hydrogen-bond donors (Lipinski definition) is 0. The number of aromatic nitrogens is 2. The van der Waals surface area contributed by atoms with E-state index in [2.05, 4.69) is 44.6 Å². The van der Waals surface area contributed by atoms with Crippen molar-refractivity contribution in [3.05, 3.63) is 15.9 Å². The molecule has 1 aromatic rings. The smallest absolute Gasteiger partial charge is 0.0767 e. The zero-order valence-electron chi connectivity index (χ0n) is 11.3. The molecular formula is C14H22BrN3. The minimum absolute atomic E-state index is 0.975. The monoisotopic (exact) mass is 311 g/mol. The minimum Gasteiger partial charge on any atom is -0.297 e. The first-order valence-electron chi connectivity index (χ1n) is 7.11. The van der Waals surface area contributed by atoms with E-state index in [0.29, 0.717) is 0 Å². The highest BCUT2D eigenvalue weighted by Crippen LogP contribution is 2.38. The van der Waals surface area contributed by atoms with Gasteiger partial charge < -0.3 is 0 Å². The summed E-state index contributed by atoms with van der Waals surface area (Å²) in [6.07, 6.45) is 5.36. The second-order valence-corrected chi connectivity index (χ2v) is 6.62. The average molecular weight is 312 g/mol. The average Bonchev–Trinajstić information content (AvgIpc) is 2.97. The van der Waals surface area contributed by atoms with Crippen molar-refractivity contribution in [2.45, 2.75) is 39.2 Å². The van der Waals surface area contributed by atoms with E-state index in [0.717, 1.165) is 24.8 Å². The number of halogens is 1. The van der Waals surface area contributed by atoms with Crippen molar-refractivity contribution < 1.29 is 0 Å². The van der Waals surface area contributed by atoms with Gasteiger partial charge in [-0.2, -0.15) is 5.10 Å². The van der Waals surface area contributed by atoms with E-state index in [1.54, 1.807) is 0 Å². The summed E-state index contributed by atoms with van der Waals surface area (Å²) in [5.41, 5.74) is 2.53. The number of aryl methyl sites for hydroxylation is 2. The standard InChI is InChI=1S/C14H22BrN3/c1-3-12-14(15)13(17(2)16-12)9-18-7-10-5-4-6-11(10)8-18/h10-11H,3-9H2,1-2H3. The molecule has 2 unspecified atom stereocenters. The quantitative estimate of drug-likeness (QED) is 0.855. The molecule has 1 saturated heterocycles. The van der Waals surface area contributed by atoms with Gasteiger partial charge in [-0.3, -0.25) is 9.58 Å². The molecule has 0 N–H and O–H groups in total. The molecule has 3 nitrogen and oxygen atoms in total. The molecule has 0 bridgehead atoms. The van der Waals surface area contributed by atoms with Crippen LogP contribution in [-0.2, 0) is 20.0 Å². The molecule has 0 radical (unpaired) electrons. The highest BCUT2D eigenvalue weighted by atomic mass is 79.9. The van der Waals surface area contributed by atoms with Crippen molar-refractivity contribution in [1.82, 2.24) is 14.7 Å². The van der Waals surface area contributed by atoms with Crippen LogP contribution in [0.25, 0.3) is 0 Å². The second-order valence-electron chi connectivity index (χ2n) is 5.83. The van der Waals surface area contributed by atoms with Crippen LogP contribution in [0.5, 0.6) is 0 Å². The van der Waals surface area contributed by atoms with Gasteiger partial charge >= 0.3 is 0 Å². The molecular weight excluding hydrogens is 290 g/mol. The van der Waals surface area contributed by atoms with Crippen molar-refractivity contribution in [3.8, 4) is 0 Å². The van der Waals surface area contributed by atoms with Gasteiger partial charge in [0, 0.05) is 26.7 Å². The molecule has 1 aromatic heterocycles. The van der Waals surface area contributed by atoms with Crippen LogP contribution in [0.3, 0.4) is 0 Å². The lowest BCUT2D eigenvalue weighted by Gasteiger charge is -2.17. The van der Waals surface area contributed by atoms with Gasteiger partial charge in [-0.1, -0.05) is 13.3 Å². The molecule has 1 aliphatic carbocycles. The maximum atomic E-state index is 4.59. The molecule has 4 heteroatoms. The van der Waals surface area contributed by atoms with E-state index >= 15 is 0 Å². The van der Waals surface area contributed by atoms with Gasteiger partial charge in [-0.05, 0) is 47.0 Å². The van der Waals surface area contributed by atoms with Gasteiger partial charge in [0.05, 0.1) is 15.9 Å². The summed E-state index contributed by atoms with van der Waals surface area (Å²) in [5.74, 6) is 1.95. The van der Waals surface area contributed by atoms with Crippen LogP contribution in [0.2, 0.25) is 0 Å². The molecule has 2 aliphatic rings. The number of hydrogen-bond acceptors (Lipinski definition) is 2. The Labute approximate surface area is 118 Å². The molecule has 3 rings (SSSR count). The number of fused-ring (bicyclic) bond motifs is 1. The Morgan fingerprint density at radius 2 is 1.94 bits per heavy atom. The van der Waals surface area contributed by atoms with Crippen LogP contribution in [0.4, 0.5) is 0 Å². The van der Waals surface area contributed by atoms with Crippen LogP contribution in [0.15, 0.2) is 4.47 Å².